The maximum absolute atomic E-state index is 12.7. The first-order valence-electron chi connectivity index (χ1n) is 6.99. The van der Waals surface area contributed by atoms with Crippen LogP contribution >= 0.6 is 0 Å². The van der Waals surface area contributed by atoms with Gasteiger partial charge in [-0.25, -0.2) is 4.79 Å². The zero-order chi connectivity index (χ0) is 14.2. The second-order valence-electron chi connectivity index (χ2n) is 5.15. The molecule has 3 rings (SSSR count). The summed E-state index contributed by atoms with van der Waals surface area (Å²) < 4.78 is 5.24. The Kier molecular flexibility index (Phi) is 3.22. The number of hydrogen-bond acceptors (Lipinski definition) is 3. The number of aryl methyl sites for hydroxylation is 1. The van der Waals surface area contributed by atoms with E-state index in [4.69, 9.17) is 4.74 Å². The average molecular weight is 274 g/mol. The minimum absolute atomic E-state index is 0.146. The molecule has 106 valence electrons. The lowest BCUT2D eigenvalue weighted by Gasteiger charge is -2.22. The molecule has 0 radical (unpaired) electrons. The van der Waals surface area contributed by atoms with Gasteiger partial charge in [-0.2, -0.15) is 0 Å². The topological polar surface area (TPSA) is 58.6 Å². The average Bonchev–Trinajstić information content (AvgIpc) is 2.94. The summed E-state index contributed by atoms with van der Waals surface area (Å²) in [6.45, 7) is 3.16. The summed E-state index contributed by atoms with van der Waals surface area (Å²) in [5.74, 6) is -0.146. The standard InChI is InChI=1S/C15H18N2O3/c1-2-20-10-9-17-13(18)15(16-14(17)19)8-7-11-5-3-4-6-12(11)15/h3-6H,2,7-10H2,1H3,(H,16,19)/t15-/m1/s1. The Bertz CT molecular complexity index is 558. The summed E-state index contributed by atoms with van der Waals surface area (Å²) in [6.07, 6.45) is 1.46. The Balaban J connectivity index is 1.87. The predicted molar refractivity (Wildman–Crippen MR) is 73.2 cm³/mol. The quantitative estimate of drug-likeness (QED) is 0.667. The van der Waals surface area contributed by atoms with Crippen molar-refractivity contribution < 1.29 is 14.3 Å². The molecule has 0 saturated carbocycles. The molecule has 5 nitrogen and oxygen atoms in total. The molecular weight excluding hydrogens is 256 g/mol. The second-order valence-corrected chi connectivity index (χ2v) is 5.15. The fourth-order valence-corrected chi connectivity index (χ4v) is 3.09. The molecule has 1 heterocycles. The highest BCUT2D eigenvalue weighted by Crippen LogP contribution is 2.41. The SMILES string of the molecule is CCOCCN1C(=O)N[C@@]2(CCc3ccccc32)C1=O. The highest BCUT2D eigenvalue weighted by molar-refractivity contribution is 6.08. The number of benzene rings is 1. The van der Waals surface area contributed by atoms with Gasteiger partial charge in [0.1, 0.15) is 5.54 Å². The van der Waals surface area contributed by atoms with E-state index in [1.807, 2.05) is 31.2 Å². The van der Waals surface area contributed by atoms with Gasteiger partial charge in [0.2, 0.25) is 0 Å². The first kappa shape index (κ1) is 13.1. The van der Waals surface area contributed by atoms with E-state index in [2.05, 4.69) is 5.32 Å². The predicted octanol–water partition coefficient (Wildman–Crippen LogP) is 1.42. The van der Waals surface area contributed by atoms with Gasteiger partial charge >= 0.3 is 6.03 Å². The monoisotopic (exact) mass is 274 g/mol. The molecule has 1 fully saturated rings. The largest absolute Gasteiger partial charge is 0.380 e. The van der Waals surface area contributed by atoms with Crippen LogP contribution in [-0.4, -0.2) is 36.6 Å². The van der Waals surface area contributed by atoms with Crippen molar-refractivity contribution in [2.24, 2.45) is 0 Å². The van der Waals surface area contributed by atoms with Crippen molar-refractivity contribution in [2.75, 3.05) is 19.8 Å². The molecule has 20 heavy (non-hydrogen) atoms. The normalized spacial score (nSPS) is 24.4. The number of fused-ring (bicyclic) bond motifs is 2. The number of nitrogens with zero attached hydrogens (tertiary/aromatic N) is 1. The van der Waals surface area contributed by atoms with Crippen LogP contribution in [0.3, 0.4) is 0 Å². The molecule has 0 bridgehead atoms. The minimum atomic E-state index is -0.847. The summed E-state index contributed by atoms with van der Waals surface area (Å²) in [4.78, 5) is 26.0. The van der Waals surface area contributed by atoms with Crippen LogP contribution in [0, 0.1) is 0 Å². The lowest BCUT2D eigenvalue weighted by Crippen LogP contribution is -2.42. The molecule has 1 aromatic carbocycles. The van der Waals surface area contributed by atoms with Gasteiger partial charge < -0.3 is 10.1 Å². The van der Waals surface area contributed by atoms with E-state index in [0.29, 0.717) is 26.2 Å². The fourth-order valence-electron chi connectivity index (χ4n) is 3.09. The van der Waals surface area contributed by atoms with Crippen molar-refractivity contribution in [1.29, 1.82) is 0 Å². The zero-order valence-corrected chi connectivity index (χ0v) is 11.5. The van der Waals surface area contributed by atoms with E-state index >= 15 is 0 Å². The Morgan fingerprint density at radius 1 is 1.35 bits per heavy atom. The third-order valence-corrected chi connectivity index (χ3v) is 4.09. The Morgan fingerprint density at radius 2 is 2.15 bits per heavy atom. The summed E-state index contributed by atoms with van der Waals surface area (Å²) >= 11 is 0. The number of ether oxygens (including phenoxy) is 1. The van der Waals surface area contributed by atoms with Crippen LogP contribution in [0.5, 0.6) is 0 Å². The lowest BCUT2D eigenvalue weighted by atomic mass is 9.92. The first-order valence-corrected chi connectivity index (χ1v) is 6.99. The Morgan fingerprint density at radius 3 is 2.95 bits per heavy atom. The number of urea groups is 1. The molecule has 3 amide bonds. The third-order valence-electron chi connectivity index (χ3n) is 4.09. The van der Waals surface area contributed by atoms with E-state index in [1.165, 1.54) is 4.90 Å². The number of carbonyl (C=O) groups is 2. The molecule has 1 saturated heterocycles. The Labute approximate surface area is 117 Å². The molecule has 1 spiro atoms. The zero-order valence-electron chi connectivity index (χ0n) is 11.5. The van der Waals surface area contributed by atoms with Gasteiger partial charge in [0.15, 0.2) is 0 Å². The number of hydrogen-bond donors (Lipinski definition) is 1. The third kappa shape index (κ3) is 1.81. The smallest absolute Gasteiger partial charge is 0.325 e. The van der Waals surface area contributed by atoms with Gasteiger partial charge in [0, 0.05) is 6.61 Å². The van der Waals surface area contributed by atoms with Gasteiger partial charge in [-0.1, -0.05) is 24.3 Å². The van der Waals surface area contributed by atoms with E-state index in [9.17, 15) is 9.59 Å². The van der Waals surface area contributed by atoms with Gasteiger partial charge in [-0.05, 0) is 30.9 Å². The first-order chi connectivity index (χ1) is 9.69. The van der Waals surface area contributed by atoms with Crippen molar-refractivity contribution in [3.05, 3.63) is 35.4 Å². The van der Waals surface area contributed by atoms with Crippen LogP contribution in [0.4, 0.5) is 4.79 Å². The number of rotatable bonds is 4. The number of amides is 3. The van der Waals surface area contributed by atoms with E-state index in [-0.39, 0.29) is 11.9 Å². The van der Waals surface area contributed by atoms with Crippen LogP contribution in [0.1, 0.15) is 24.5 Å². The molecule has 1 aliphatic heterocycles. The highest BCUT2D eigenvalue weighted by Gasteiger charge is 2.54. The number of carbonyl (C=O) groups excluding carboxylic acids is 2. The molecule has 1 aliphatic carbocycles. The number of nitrogens with one attached hydrogen (secondary N) is 1. The maximum Gasteiger partial charge on any atom is 0.325 e. The molecular formula is C15H18N2O3. The van der Waals surface area contributed by atoms with Crippen LogP contribution in [-0.2, 0) is 21.5 Å². The summed E-state index contributed by atoms with van der Waals surface area (Å²) in [7, 11) is 0. The Hall–Kier alpha value is -1.88. The van der Waals surface area contributed by atoms with Crippen LogP contribution in [0.2, 0.25) is 0 Å². The van der Waals surface area contributed by atoms with Crippen molar-refractivity contribution in [1.82, 2.24) is 10.2 Å². The van der Waals surface area contributed by atoms with Crippen molar-refractivity contribution in [3.63, 3.8) is 0 Å². The fraction of sp³-hybridized carbons (Fsp3) is 0.467. The van der Waals surface area contributed by atoms with Gasteiger partial charge in [0.25, 0.3) is 5.91 Å². The van der Waals surface area contributed by atoms with Gasteiger partial charge in [0.05, 0.1) is 13.2 Å². The van der Waals surface area contributed by atoms with Gasteiger partial charge in [-0.15, -0.1) is 0 Å². The van der Waals surface area contributed by atoms with Crippen LogP contribution in [0.25, 0.3) is 0 Å². The van der Waals surface area contributed by atoms with Crippen LogP contribution in [0.15, 0.2) is 24.3 Å². The van der Waals surface area contributed by atoms with Crippen molar-refractivity contribution in [3.8, 4) is 0 Å². The molecule has 1 atom stereocenters. The summed E-state index contributed by atoms with van der Waals surface area (Å²) in [5.41, 5.74) is 1.24. The van der Waals surface area contributed by atoms with Gasteiger partial charge in [-0.3, -0.25) is 9.69 Å². The molecule has 1 N–H and O–H groups in total. The van der Waals surface area contributed by atoms with E-state index in [0.717, 1.165) is 17.5 Å². The highest BCUT2D eigenvalue weighted by atomic mass is 16.5. The molecule has 5 heteroatoms. The molecule has 0 aromatic heterocycles. The molecule has 0 unspecified atom stereocenters. The lowest BCUT2D eigenvalue weighted by molar-refractivity contribution is -0.132. The van der Waals surface area contributed by atoms with Crippen molar-refractivity contribution in [2.45, 2.75) is 25.3 Å². The molecule has 2 aliphatic rings. The van der Waals surface area contributed by atoms with E-state index < -0.39 is 5.54 Å². The number of imide groups is 1. The van der Waals surface area contributed by atoms with Crippen molar-refractivity contribution >= 4 is 11.9 Å². The van der Waals surface area contributed by atoms with Crippen LogP contribution < -0.4 is 5.32 Å². The summed E-state index contributed by atoms with van der Waals surface area (Å²) in [5, 5.41) is 2.89. The minimum Gasteiger partial charge on any atom is -0.380 e. The summed E-state index contributed by atoms with van der Waals surface area (Å²) in [6, 6.07) is 7.52. The molecule has 1 aromatic rings. The van der Waals surface area contributed by atoms with E-state index in [1.54, 1.807) is 0 Å². The second kappa shape index (κ2) is 4.90. The maximum atomic E-state index is 12.7.